The van der Waals surface area contributed by atoms with Gasteiger partial charge in [-0.1, -0.05) is 68.3 Å². The number of carbonyl (C=O) groups excluding carboxylic acids is 2. The fourth-order valence-corrected chi connectivity index (χ4v) is 5.70. The number of unbranched alkanes of at least 4 members (excludes halogenated alkanes) is 1. The molecule has 3 rings (SSSR count). The number of benzene rings is 3. The second kappa shape index (κ2) is 13.9. The minimum Gasteiger partial charge on any atom is -0.354 e. The largest absolute Gasteiger partial charge is 0.354 e. The summed E-state index contributed by atoms with van der Waals surface area (Å²) < 4.78 is 42.0. The van der Waals surface area contributed by atoms with E-state index >= 15 is 0 Å². The van der Waals surface area contributed by atoms with Gasteiger partial charge in [-0.2, -0.15) is 0 Å². The number of hydrogen-bond acceptors (Lipinski definition) is 4. The van der Waals surface area contributed by atoms with Crippen molar-refractivity contribution in [3.8, 4) is 0 Å². The third-order valence-electron chi connectivity index (χ3n) is 6.38. The molecule has 0 radical (unpaired) electrons. The van der Waals surface area contributed by atoms with E-state index in [1.807, 2.05) is 45.0 Å². The first-order chi connectivity index (χ1) is 18.7. The van der Waals surface area contributed by atoms with Gasteiger partial charge in [-0.15, -0.1) is 0 Å². The summed E-state index contributed by atoms with van der Waals surface area (Å²) >= 11 is 0. The Labute approximate surface area is 230 Å². The topological polar surface area (TPSA) is 86.8 Å². The molecule has 0 fully saturated rings. The van der Waals surface area contributed by atoms with Gasteiger partial charge in [-0.05, 0) is 61.7 Å². The van der Waals surface area contributed by atoms with Gasteiger partial charge in [0, 0.05) is 13.1 Å². The van der Waals surface area contributed by atoms with E-state index < -0.39 is 34.3 Å². The minimum absolute atomic E-state index is 0.138. The molecule has 0 bridgehead atoms. The van der Waals surface area contributed by atoms with Crippen LogP contribution in [0.5, 0.6) is 0 Å². The number of nitrogens with zero attached hydrogens (tertiary/aromatic N) is 2. The van der Waals surface area contributed by atoms with Crippen LogP contribution in [0.4, 0.5) is 10.1 Å². The zero-order valence-electron chi connectivity index (χ0n) is 22.6. The van der Waals surface area contributed by atoms with Gasteiger partial charge in [0.05, 0.1) is 10.6 Å². The Hall–Kier alpha value is -3.72. The van der Waals surface area contributed by atoms with E-state index in [9.17, 15) is 22.4 Å². The Morgan fingerprint density at radius 1 is 0.949 bits per heavy atom. The molecule has 9 heteroatoms. The van der Waals surface area contributed by atoms with Gasteiger partial charge in [-0.3, -0.25) is 13.9 Å². The maximum atomic E-state index is 14.0. The number of carbonyl (C=O) groups is 2. The van der Waals surface area contributed by atoms with Gasteiger partial charge in [0.15, 0.2) is 0 Å². The molecule has 7 nitrogen and oxygen atoms in total. The Morgan fingerprint density at radius 3 is 2.26 bits per heavy atom. The van der Waals surface area contributed by atoms with E-state index in [-0.39, 0.29) is 23.0 Å². The highest BCUT2D eigenvalue weighted by molar-refractivity contribution is 7.92. The molecule has 0 aliphatic carbocycles. The van der Waals surface area contributed by atoms with E-state index in [1.165, 1.54) is 17.0 Å². The second-order valence-electron chi connectivity index (χ2n) is 9.38. The fourth-order valence-electron chi connectivity index (χ4n) is 4.29. The summed E-state index contributed by atoms with van der Waals surface area (Å²) in [5.74, 6) is -1.37. The van der Waals surface area contributed by atoms with Crippen molar-refractivity contribution in [2.75, 3.05) is 17.4 Å². The van der Waals surface area contributed by atoms with Gasteiger partial charge in [0.2, 0.25) is 11.8 Å². The van der Waals surface area contributed by atoms with E-state index in [0.29, 0.717) is 13.0 Å². The fraction of sp³-hybridized carbons (Fsp3) is 0.333. The summed E-state index contributed by atoms with van der Waals surface area (Å²) in [7, 11) is -4.23. The zero-order valence-corrected chi connectivity index (χ0v) is 23.5. The van der Waals surface area contributed by atoms with Crippen LogP contribution in [0.25, 0.3) is 0 Å². The molecule has 0 aliphatic heterocycles. The van der Waals surface area contributed by atoms with Crippen molar-refractivity contribution in [2.45, 2.75) is 57.5 Å². The van der Waals surface area contributed by atoms with Crippen molar-refractivity contribution in [1.29, 1.82) is 0 Å². The van der Waals surface area contributed by atoms with Crippen molar-refractivity contribution in [3.63, 3.8) is 0 Å². The highest BCUT2D eigenvalue weighted by Crippen LogP contribution is 2.25. The van der Waals surface area contributed by atoms with Gasteiger partial charge < -0.3 is 10.2 Å². The highest BCUT2D eigenvalue weighted by atomic mass is 32.2. The molecule has 1 N–H and O–H groups in total. The molecule has 0 aliphatic rings. The molecule has 3 aromatic carbocycles. The highest BCUT2D eigenvalue weighted by Gasteiger charge is 2.33. The second-order valence-corrected chi connectivity index (χ2v) is 11.2. The van der Waals surface area contributed by atoms with Crippen LogP contribution < -0.4 is 9.62 Å². The number of aryl methyl sites for hydroxylation is 1. The minimum atomic E-state index is -4.23. The molecule has 0 saturated carbocycles. The van der Waals surface area contributed by atoms with E-state index in [2.05, 4.69) is 5.32 Å². The predicted octanol–water partition coefficient (Wildman–Crippen LogP) is 5.05. The maximum Gasteiger partial charge on any atom is 0.264 e. The third kappa shape index (κ3) is 7.89. The van der Waals surface area contributed by atoms with Crippen molar-refractivity contribution in [2.24, 2.45) is 0 Å². The monoisotopic (exact) mass is 553 g/mol. The average molecular weight is 554 g/mol. The number of rotatable bonds is 13. The SMILES string of the molecule is CCCCNC(=O)C(CC)N(Cc1cccc(C)c1)C(=O)CN(c1ccccc1)S(=O)(=O)c1ccc(F)cc1. The number of sulfonamides is 1. The molecule has 2 amide bonds. The quantitative estimate of drug-likeness (QED) is 0.300. The van der Waals surface area contributed by atoms with Crippen molar-refractivity contribution >= 4 is 27.5 Å². The lowest BCUT2D eigenvalue weighted by molar-refractivity contribution is -0.140. The Morgan fingerprint density at radius 2 is 1.64 bits per heavy atom. The van der Waals surface area contributed by atoms with Crippen LogP contribution in [0.2, 0.25) is 0 Å². The lowest BCUT2D eigenvalue weighted by Crippen LogP contribution is -2.52. The van der Waals surface area contributed by atoms with Gasteiger partial charge in [0.25, 0.3) is 10.0 Å². The number of hydrogen-bond donors (Lipinski definition) is 1. The first-order valence-corrected chi connectivity index (χ1v) is 14.6. The van der Waals surface area contributed by atoms with E-state index in [4.69, 9.17) is 0 Å². The molecule has 208 valence electrons. The van der Waals surface area contributed by atoms with E-state index in [1.54, 1.807) is 30.3 Å². The molecular formula is C30H36FN3O4S. The van der Waals surface area contributed by atoms with Crippen molar-refractivity contribution in [1.82, 2.24) is 10.2 Å². The average Bonchev–Trinajstić information content (AvgIpc) is 2.92. The van der Waals surface area contributed by atoms with Crippen LogP contribution in [0, 0.1) is 12.7 Å². The number of para-hydroxylation sites is 1. The Bertz CT molecular complexity index is 1350. The van der Waals surface area contributed by atoms with Gasteiger partial charge >= 0.3 is 0 Å². The Balaban J connectivity index is 2.01. The molecule has 39 heavy (non-hydrogen) atoms. The van der Waals surface area contributed by atoms with Crippen LogP contribution in [-0.2, 0) is 26.2 Å². The van der Waals surface area contributed by atoms with Crippen molar-refractivity contribution < 1.29 is 22.4 Å². The first-order valence-electron chi connectivity index (χ1n) is 13.1. The molecule has 0 spiro atoms. The number of halogens is 1. The number of amides is 2. The standard InChI is InChI=1S/C30H36FN3O4S/c1-4-6-19-32-30(36)28(5-2)33(21-24-12-10-11-23(3)20-24)29(35)22-34(26-13-8-7-9-14-26)39(37,38)27-17-15-25(31)16-18-27/h7-18,20,28H,4-6,19,21-22H2,1-3H3,(H,32,36). The van der Waals surface area contributed by atoms with Crippen LogP contribution >= 0.6 is 0 Å². The summed E-state index contributed by atoms with van der Waals surface area (Å²) in [6.07, 6.45) is 2.08. The summed E-state index contributed by atoms with van der Waals surface area (Å²) in [4.78, 5) is 28.5. The lowest BCUT2D eigenvalue weighted by Gasteiger charge is -2.33. The molecular weight excluding hydrogens is 517 g/mol. The summed E-state index contributed by atoms with van der Waals surface area (Å²) in [5, 5.41) is 2.91. The molecule has 3 aromatic rings. The smallest absolute Gasteiger partial charge is 0.264 e. The predicted molar refractivity (Wildman–Crippen MR) is 151 cm³/mol. The van der Waals surface area contributed by atoms with Crippen LogP contribution in [-0.4, -0.2) is 44.3 Å². The van der Waals surface area contributed by atoms with Gasteiger partial charge in [0.1, 0.15) is 18.4 Å². The molecule has 0 aromatic heterocycles. The zero-order chi connectivity index (χ0) is 28.4. The third-order valence-corrected chi connectivity index (χ3v) is 8.16. The normalized spacial score (nSPS) is 12.0. The maximum absolute atomic E-state index is 14.0. The molecule has 0 heterocycles. The molecule has 0 saturated heterocycles. The van der Waals surface area contributed by atoms with E-state index in [0.717, 1.165) is 40.4 Å². The lowest BCUT2D eigenvalue weighted by atomic mass is 10.1. The summed E-state index contributed by atoms with van der Waals surface area (Å²) in [6.45, 7) is 5.89. The Kier molecular flexibility index (Phi) is 10.6. The summed E-state index contributed by atoms with van der Waals surface area (Å²) in [5.41, 5.74) is 2.12. The first kappa shape index (κ1) is 29.8. The van der Waals surface area contributed by atoms with Crippen molar-refractivity contribution in [3.05, 3.63) is 95.8 Å². The number of nitrogens with one attached hydrogen (secondary N) is 1. The van der Waals surface area contributed by atoms with Crippen LogP contribution in [0.15, 0.2) is 83.8 Å². The molecule has 1 unspecified atom stereocenters. The summed E-state index contributed by atoms with van der Waals surface area (Å²) in [6, 6.07) is 19.6. The number of anilines is 1. The van der Waals surface area contributed by atoms with Gasteiger partial charge in [-0.25, -0.2) is 12.8 Å². The van der Waals surface area contributed by atoms with Crippen LogP contribution in [0.1, 0.15) is 44.2 Å². The van der Waals surface area contributed by atoms with Crippen LogP contribution in [0.3, 0.4) is 0 Å². The molecule has 1 atom stereocenters.